The summed E-state index contributed by atoms with van der Waals surface area (Å²) >= 11 is 9.60. The first-order chi connectivity index (χ1) is 16.5. The lowest BCUT2D eigenvalue weighted by molar-refractivity contribution is -0.142. The van der Waals surface area contributed by atoms with E-state index in [2.05, 4.69) is 42.0 Å². The smallest absolute Gasteiger partial charge is 0.261 e. The van der Waals surface area contributed by atoms with Gasteiger partial charge in [0.15, 0.2) is 6.61 Å². The minimum Gasteiger partial charge on any atom is -0.483 e. The van der Waals surface area contributed by atoms with Gasteiger partial charge >= 0.3 is 0 Å². The Hall–Kier alpha value is -2.05. The molecule has 2 aromatic rings. The Morgan fingerprint density at radius 1 is 1.11 bits per heavy atom. The third-order valence-corrected chi connectivity index (χ3v) is 7.41. The second-order valence-corrected chi connectivity index (χ2v) is 11.6. The van der Waals surface area contributed by atoms with Crippen LogP contribution in [0.3, 0.4) is 0 Å². The van der Waals surface area contributed by atoms with Gasteiger partial charge in [0.25, 0.3) is 5.91 Å². The van der Waals surface area contributed by atoms with Crippen LogP contribution in [0.2, 0.25) is 5.02 Å². The molecular weight excluding hydrogens is 528 g/mol. The molecule has 0 aliphatic heterocycles. The quantitative estimate of drug-likeness (QED) is 0.391. The minimum absolute atomic E-state index is 0.00732. The summed E-state index contributed by atoms with van der Waals surface area (Å²) in [5, 5.41) is 3.78. The Morgan fingerprint density at radius 3 is 2.37 bits per heavy atom. The molecule has 0 spiro atoms. The predicted octanol–water partition coefficient (Wildman–Crippen LogP) is 6.65. The number of hydrogen-bond donors (Lipinski definition) is 1. The molecule has 2 amide bonds. The summed E-state index contributed by atoms with van der Waals surface area (Å²) in [5.41, 5.74) is 2.07. The Balaban J connectivity index is 1.72. The normalized spacial score (nSPS) is 15.4. The van der Waals surface area contributed by atoms with Crippen molar-refractivity contribution in [2.24, 2.45) is 0 Å². The summed E-state index contributed by atoms with van der Waals surface area (Å²) < 4.78 is 6.69. The Bertz CT molecular complexity index is 1010. The number of halogens is 2. The zero-order valence-electron chi connectivity index (χ0n) is 21.1. The van der Waals surface area contributed by atoms with Crippen molar-refractivity contribution in [3.63, 3.8) is 0 Å². The van der Waals surface area contributed by atoms with Gasteiger partial charge in [-0.2, -0.15) is 0 Å². The maximum Gasteiger partial charge on any atom is 0.261 e. The van der Waals surface area contributed by atoms with E-state index in [4.69, 9.17) is 16.3 Å². The van der Waals surface area contributed by atoms with Crippen LogP contribution in [0.15, 0.2) is 46.9 Å². The van der Waals surface area contributed by atoms with Crippen LogP contribution in [0, 0.1) is 0 Å². The molecule has 1 atom stereocenters. The number of rotatable bonds is 8. The van der Waals surface area contributed by atoms with E-state index in [0.717, 1.165) is 35.7 Å². The number of ether oxygens (including phenoxy) is 1. The van der Waals surface area contributed by atoms with Crippen LogP contribution in [0.5, 0.6) is 5.75 Å². The lowest BCUT2D eigenvalue weighted by Crippen LogP contribution is -2.51. The molecule has 1 fully saturated rings. The van der Waals surface area contributed by atoms with Crippen molar-refractivity contribution in [3.05, 3.63) is 63.1 Å². The SMILES string of the molecule is C[C@@H](C(=O)NC1CCCCC1)N(Cc1ccc(Cl)cc1)C(=O)COc1ccc(C(C)(C)C)cc1Br. The Morgan fingerprint density at radius 2 is 1.77 bits per heavy atom. The zero-order valence-corrected chi connectivity index (χ0v) is 23.4. The third-order valence-electron chi connectivity index (χ3n) is 6.53. The van der Waals surface area contributed by atoms with Gasteiger partial charge in [-0.1, -0.05) is 69.8 Å². The Kier molecular flexibility index (Phi) is 9.65. The molecule has 0 bridgehead atoms. The summed E-state index contributed by atoms with van der Waals surface area (Å²) in [6.45, 7) is 8.35. The van der Waals surface area contributed by atoms with Crippen LogP contribution < -0.4 is 10.1 Å². The largest absolute Gasteiger partial charge is 0.483 e. The van der Waals surface area contributed by atoms with Crippen LogP contribution in [-0.2, 0) is 21.5 Å². The van der Waals surface area contributed by atoms with E-state index in [1.165, 1.54) is 12.0 Å². The lowest BCUT2D eigenvalue weighted by Gasteiger charge is -2.31. The van der Waals surface area contributed by atoms with Crippen LogP contribution in [0.25, 0.3) is 0 Å². The molecular formula is C28H36BrClN2O3. The molecule has 1 aliphatic carbocycles. The van der Waals surface area contributed by atoms with E-state index >= 15 is 0 Å². The predicted molar refractivity (Wildman–Crippen MR) is 145 cm³/mol. The molecule has 7 heteroatoms. The maximum absolute atomic E-state index is 13.3. The fraction of sp³-hybridized carbons (Fsp3) is 0.500. The van der Waals surface area contributed by atoms with E-state index in [-0.39, 0.29) is 29.9 Å². The van der Waals surface area contributed by atoms with Gasteiger partial charge in [0.05, 0.1) is 4.47 Å². The maximum atomic E-state index is 13.3. The van der Waals surface area contributed by atoms with Crippen LogP contribution in [0.1, 0.15) is 70.9 Å². The van der Waals surface area contributed by atoms with Crippen molar-refractivity contribution < 1.29 is 14.3 Å². The van der Waals surface area contributed by atoms with Crippen molar-refractivity contribution >= 4 is 39.3 Å². The summed E-state index contributed by atoms with van der Waals surface area (Å²) in [6, 6.07) is 12.8. The average molecular weight is 564 g/mol. The first-order valence-corrected chi connectivity index (χ1v) is 13.5. The molecule has 35 heavy (non-hydrogen) atoms. The van der Waals surface area contributed by atoms with E-state index in [1.54, 1.807) is 24.0 Å². The molecule has 3 rings (SSSR count). The second kappa shape index (κ2) is 12.3. The number of amides is 2. The van der Waals surface area contributed by atoms with Crippen LogP contribution in [-0.4, -0.2) is 35.4 Å². The second-order valence-electron chi connectivity index (χ2n) is 10.4. The van der Waals surface area contributed by atoms with Crippen molar-refractivity contribution in [1.29, 1.82) is 0 Å². The first-order valence-electron chi connectivity index (χ1n) is 12.3. The van der Waals surface area contributed by atoms with Gasteiger partial charge in [0, 0.05) is 17.6 Å². The summed E-state index contributed by atoms with van der Waals surface area (Å²) in [6.07, 6.45) is 5.45. The number of nitrogens with one attached hydrogen (secondary N) is 1. The van der Waals surface area contributed by atoms with Crippen LogP contribution in [0.4, 0.5) is 0 Å². The number of hydrogen-bond acceptors (Lipinski definition) is 3. The van der Waals surface area contributed by atoms with Gasteiger partial charge in [0.1, 0.15) is 11.8 Å². The van der Waals surface area contributed by atoms with Crippen molar-refractivity contribution in [3.8, 4) is 5.75 Å². The van der Waals surface area contributed by atoms with Crippen molar-refractivity contribution in [2.75, 3.05) is 6.61 Å². The fourth-order valence-corrected chi connectivity index (χ4v) is 4.86. The highest BCUT2D eigenvalue weighted by Crippen LogP contribution is 2.31. The molecule has 1 saturated carbocycles. The summed E-state index contributed by atoms with van der Waals surface area (Å²) in [5.74, 6) is 0.213. The fourth-order valence-electron chi connectivity index (χ4n) is 4.24. The lowest BCUT2D eigenvalue weighted by atomic mass is 9.87. The van der Waals surface area contributed by atoms with E-state index in [9.17, 15) is 9.59 Å². The van der Waals surface area contributed by atoms with Gasteiger partial charge in [0.2, 0.25) is 5.91 Å². The molecule has 5 nitrogen and oxygen atoms in total. The molecule has 2 aromatic carbocycles. The minimum atomic E-state index is -0.629. The number of carbonyl (C=O) groups excluding carboxylic acids is 2. The van der Waals surface area contributed by atoms with Gasteiger partial charge in [-0.25, -0.2) is 0 Å². The topological polar surface area (TPSA) is 58.6 Å². The number of carbonyl (C=O) groups is 2. The van der Waals surface area contributed by atoms with E-state index in [0.29, 0.717) is 17.3 Å². The summed E-state index contributed by atoms with van der Waals surface area (Å²) in [4.78, 5) is 28.0. The number of nitrogens with zero attached hydrogens (tertiary/aromatic N) is 1. The standard InChI is InChI=1S/C28H36BrClN2O3/c1-19(27(34)31-23-8-6-5-7-9-23)32(17-20-10-13-22(30)14-11-20)26(33)18-35-25-15-12-21(16-24(25)29)28(2,3)4/h10-16,19,23H,5-9,17-18H2,1-4H3,(H,31,34)/t19-/m0/s1. The number of benzene rings is 2. The molecule has 190 valence electrons. The zero-order chi connectivity index (χ0) is 25.6. The molecule has 0 unspecified atom stereocenters. The third kappa shape index (κ3) is 7.97. The molecule has 1 N–H and O–H groups in total. The highest BCUT2D eigenvalue weighted by molar-refractivity contribution is 9.10. The van der Waals surface area contributed by atoms with E-state index < -0.39 is 6.04 Å². The van der Waals surface area contributed by atoms with Gasteiger partial charge in [-0.05, 0) is 76.5 Å². The first kappa shape index (κ1) is 27.5. The monoisotopic (exact) mass is 562 g/mol. The van der Waals surface area contributed by atoms with Gasteiger partial charge in [-0.15, -0.1) is 0 Å². The van der Waals surface area contributed by atoms with Gasteiger partial charge < -0.3 is 15.0 Å². The Labute approximate surface area is 222 Å². The molecule has 0 heterocycles. The van der Waals surface area contributed by atoms with E-state index in [1.807, 2.05) is 30.3 Å². The van der Waals surface area contributed by atoms with Crippen LogP contribution >= 0.6 is 27.5 Å². The molecule has 0 radical (unpaired) electrons. The summed E-state index contributed by atoms with van der Waals surface area (Å²) in [7, 11) is 0. The highest BCUT2D eigenvalue weighted by Gasteiger charge is 2.28. The molecule has 0 saturated heterocycles. The highest BCUT2D eigenvalue weighted by atomic mass is 79.9. The molecule has 1 aliphatic rings. The average Bonchev–Trinajstić information content (AvgIpc) is 2.82. The molecule has 0 aromatic heterocycles. The van der Waals surface area contributed by atoms with Crippen molar-refractivity contribution in [1.82, 2.24) is 10.2 Å². The van der Waals surface area contributed by atoms with Crippen molar-refractivity contribution in [2.45, 2.75) is 83.8 Å². The van der Waals surface area contributed by atoms with Gasteiger partial charge in [-0.3, -0.25) is 9.59 Å².